The molecule has 0 saturated heterocycles. The first-order valence-corrected chi connectivity index (χ1v) is 11.4. The van der Waals surface area contributed by atoms with Crippen LogP contribution in [0.5, 0.6) is 11.5 Å². The summed E-state index contributed by atoms with van der Waals surface area (Å²) < 4.78 is 12.6. The van der Waals surface area contributed by atoms with Crippen molar-refractivity contribution in [2.75, 3.05) is 23.3 Å². The van der Waals surface area contributed by atoms with E-state index in [2.05, 4.69) is 94.7 Å². The van der Waals surface area contributed by atoms with E-state index in [1.165, 1.54) is 33.6 Å². The van der Waals surface area contributed by atoms with Crippen molar-refractivity contribution in [2.24, 2.45) is 0 Å². The molecule has 2 aliphatic rings. The standard InChI is InChI=1S/C29H26N2O2/c1-3-13-26(14-4-1)30-18-24-11-7-9-22(28(24)32-20-30)17-23-10-8-12-25-19-31(21-33-29(23)25)27-15-5-2-6-16-27/h1-16H,17-21H2. The number of rotatable bonds is 4. The molecule has 2 aliphatic heterocycles. The van der Waals surface area contributed by atoms with Gasteiger partial charge in [0.05, 0.1) is 0 Å². The maximum atomic E-state index is 6.29. The van der Waals surface area contributed by atoms with Gasteiger partial charge in [0.15, 0.2) is 13.5 Å². The molecule has 0 saturated carbocycles. The Morgan fingerprint density at radius 2 is 0.970 bits per heavy atom. The van der Waals surface area contributed by atoms with Crippen LogP contribution >= 0.6 is 0 Å². The summed E-state index contributed by atoms with van der Waals surface area (Å²) in [4.78, 5) is 4.52. The zero-order chi connectivity index (χ0) is 22.0. The molecule has 0 atom stereocenters. The van der Waals surface area contributed by atoms with Gasteiger partial charge in [-0.1, -0.05) is 72.8 Å². The average Bonchev–Trinajstić information content (AvgIpc) is 2.89. The van der Waals surface area contributed by atoms with Crippen molar-refractivity contribution < 1.29 is 9.47 Å². The molecule has 0 spiro atoms. The molecule has 4 aromatic rings. The molecule has 0 aromatic heterocycles. The van der Waals surface area contributed by atoms with Crippen molar-refractivity contribution in [1.29, 1.82) is 0 Å². The lowest BCUT2D eigenvalue weighted by atomic mass is 9.97. The quantitative estimate of drug-likeness (QED) is 0.394. The third kappa shape index (κ3) is 3.89. The van der Waals surface area contributed by atoms with Crippen LogP contribution in [0, 0.1) is 0 Å². The summed E-state index contributed by atoms with van der Waals surface area (Å²) in [6, 6.07) is 33.8. The highest BCUT2D eigenvalue weighted by Crippen LogP contribution is 2.37. The van der Waals surface area contributed by atoms with Crippen molar-refractivity contribution >= 4 is 11.4 Å². The molecule has 0 radical (unpaired) electrons. The molecule has 4 nitrogen and oxygen atoms in total. The summed E-state index contributed by atoms with van der Waals surface area (Å²) >= 11 is 0. The molecule has 0 amide bonds. The summed E-state index contributed by atoms with van der Waals surface area (Å²) in [6.07, 6.45) is 0.795. The molecular formula is C29H26N2O2. The Morgan fingerprint density at radius 1 is 0.515 bits per heavy atom. The van der Waals surface area contributed by atoms with Gasteiger partial charge in [0.2, 0.25) is 0 Å². The van der Waals surface area contributed by atoms with Gasteiger partial charge in [0.1, 0.15) is 11.5 Å². The Hall–Kier alpha value is -3.92. The number of benzene rings is 4. The van der Waals surface area contributed by atoms with Gasteiger partial charge in [0, 0.05) is 42.0 Å². The highest BCUT2D eigenvalue weighted by atomic mass is 16.5. The summed E-state index contributed by atoms with van der Waals surface area (Å²) in [5.41, 5.74) is 7.24. The number of anilines is 2. The molecule has 164 valence electrons. The molecule has 0 N–H and O–H groups in total. The molecule has 4 heteroatoms. The van der Waals surface area contributed by atoms with Crippen LogP contribution in [0.15, 0.2) is 97.1 Å². The normalized spacial score (nSPS) is 14.7. The van der Waals surface area contributed by atoms with Crippen molar-refractivity contribution in [3.05, 3.63) is 119 Å². The summed E-state index contributed by atoms with van der Waals surface area (Å²) in [5, 5.41) is 0. The number of para-hydroxylation sites is 4. The van der Waals surface area contributed by atoms with E-state index in [0.717, 1.165) is 31.0 Å². The predicted octanol–water partition coefficient (Wildman–Crippen LogP) is 5.99. The molecule has 6 rings (SSSR count). The lowest BCUT2D eigenvalue weighted by Gasteiger charge is -2.33. The van der Waals surface area contributed by atoms with Gasteiger partial charge >= 0.3 is 0 Å². The van der Waals surface area contributed by atoms with Gasteiger partial charge in [-0.3, -0.25) is 0 Å². The fourth-order valence-corrected chi connectivity index (χ4v) is 4.78. The van der Waals surface area contributed by atoms with Crippen molar-refractivity contribution in [3.8, 4) is 11.5 Å². The smallest absolute Gasteiger partial charge is 0.161 e. The van der Waals surface area contributed by atoms with Crippen LogP contribution in [-0.4, -0.2) is 13.5 Å². The minimum atomic E-state index is 0.559. The Bertz CT molecular complexity index is 1160. The molecule has 0 bridgehead atoms. The summed E-state index contributed by atoms with van der Waals surface area (Å²) in [7, 11) is 0. The van der Waals surface area contributed by atoms with Crippen LogP contribution in [0.3, 0.4) is 0 Å². The molecule has 33 heavy (non-hydrogen) atoms. The van der Waals surface area contributed by atoms with Crippen LogP contribution in [0.4, 0.5) is 11.4 Å². The Balaban J connectivity index is 1.25. The average molecular weight is 435 g/mol. The second-order valence-corrected chi connectivity index (χ2v) is 8.60. The van der Waals surface area contributed by atoms with Gasteiger partial charge in [-0.15, -0.1) is 0 Å². The van der Waals surface area contributed by atoms with E-state index in [1.54, 1.807) is 0 Å². The zero-order valence-electron chi connectivity index (χ0n) is 18.5. The Kier molecular flexibility index (Phi) is 5.11. The first-order chi connectivity index (χ1) is 16.3. The molecular weight excluding hydrogens is 408 g/mol. The van der Waals surface area contributed by atoms with Crippen LogP contribution in [-0.2, 0) is 19.5 Å². The number of hydrogen-bond acceptors (Lipinski definition) is 4. The number of hydrogen-bond donors (Lipinski definition) is 0. The lowest BCUT2D eigenvalue weighted by molar-refractivity contribution is 0.283. The van der Waals surface area contributed by atoms with Crippen LogP contribution in [0.25, 0.3) is 0 Å². The summed E-state index contributed by atoms with van der Waals surface area (Å²) in [6.45, 7) is 2.82. The third-order valence-corrected chi connectivity index (χ3v) is 6.43. The zero-order valence-corrected chi connectivity index (χ0v) is 18.5. The topological polar surface area (TPSA) is 24.9 Å². The molecule has 0 unspecified atom stereocenters. The minimum absolute atomic E-state index is 0.559. The van der Waals surface area contributed by atoms with Gasteiger partial charge in [-0.05, 0) is 35.4 Å². The van der Waals surface area contributed by atoms with Gasteiger partial charge in [-0.2, -0.15) is 0 Å². The van der Waals surface area contributed by atoms with Crippen LogP contribution < -0.4 is 19.3 Å². The van der Waals surface area contributed by atoms with Gasteiger partial charge < -0.3 is 19.3 Å². The molecule has 0 aliphatic carbocycles. The van der Waals surface area contributed by atoms with E-state index in [4.69, 9.17) is 9.47 Å². The van der Waals surface area contributed by atoms with E-state index in [-0.39, 0.29) is 0 Å². The fraction of sp³-hybridized carbons (Fsp3) is 0.172. The molecule has 2 heterocycles. The van der Waals surface area contributed by atoms with Crippen molar-refractivity contribution in [2.45, 2.75) is 19.5 Å². The number of nitrogens with zero attached hydrogens (tertiary/aromatic N) is 2. The minimum Gasteiger partial charge on any atom is -0.472 e. The number of ether oxygens (including phenoxy) is 2. The van der Waals surface area contributed by atoms with Crippen molar-refractivity contribution in [1.82, 2.24) is 0 Å². The van der Waals surface area contributed by atoms with E-state index >= 15 is 0 Å². The van der Waals surface area contributed by atoms with Gasteiger partial charge in [-0.25, -0.2) is 0 Å². The van der Waals surface area contributed by atoms with Crippen molar-refractivity contribution in [3.63, 3.8) is 0 Å². The number of fused-ring (bicyclic) bond motifs is 2. The molecule has 4 aromatic carbocycles. The predicted molar refractivity (Wildman–Crippen MR) is 132 cm³/mol. The lowest BCUT2D eigenvalue weighted by Crippen LogP contribution is -2.32. The first-order valence-electron chi connectivity index (χ1n) is 11.4. The highest BCUT2D eigenvalue weighted by Gasteiger charge is 2.23. The molecule has 0 fully saturated rings. The van der Waals surface area contributed by atoms with E-state index in [9.17, 15) is 0 Å². The van der Waals surface area contributed by atoms with Gasteiger partial charge in [0.25, 0.3) is 0 Å². The largest absolute Gasteiger partial charge is 0.472 e. The second-order valence-electron chi connectivity index (χ2n) is 8.60. The maximum absolute atomic E-state index is 6.29. The SMILES string of the molecule is c1ccc(N2COc3c(Cc4cccc5c4OCN(c4ccccc4)C5)cccc3C2)cc1. The van der Waals surface area contributed by atoms with E-state index in [1.807, 2.05) is 12.1 Å². The fourth-order valence-electron chi connectivity index (χ4n) is 4.78. The van der Waals surface area contributed by atoms with Crippen LogP contribution in [0.1, 0.15) is 22.3 Å². The highest BCUT2D eigenvalue weighted by molar-refractivity contribution is 5.55. The Labute approximate surface area is 194 Å². The summed E-state index contributed by atoms with van der Waals surface area (Å²) in [5.74, 6) is 2.04. The maximum Gasteiger partial charge on any atom is 0.161 e. The first kappa shape index (κ1) is 19.7. The second kappa shape index (κ2) is 8.55. The third-order valence-electron chi connectivity index (χ3n) is 6.43. The Morgan fingerprint density at radius 3 is 1.42 bits per heavy atom. The van der Waals surface area contributed by atoms with Crippen LogP contribution in [0.2, 0.25) is 0 Å². The van der Waals surface area contributed by atoms with E-state index in [0.29, 0.717) is 13.5 Å². The van der Waals surface area contributed by atoms with E-state index < -0.39 is 0 Å². The monoisotopic (exact) mass is 434 g/mol.